The first-order chi connectivity index (χ1) is 17.3. The molecule has 3 aliphatic rings. The third-order valence-electron chi connectivity index (χ3n) is 7.38. The van der Waals surface area contributed by atoms with Crippen molar-refractivity contribution in [1.29, 1.82) is 0 Å². The number of amides is 2. The van der Waals surface area contributed by atoms with Gasteiger partial charge in [0, 0.05) is 18.2 Å². The van der Waals surface area contributed by atoms with Gasteiger partial charge < -0.3 is 34.6 Å². The van der Waals surface area contributed by atoms with Crippen molar-refractivity contribution >= 4 is 29.1 Å². The Morgan fingerprint density at radius 3 is 2.61 bits per heavy atom. The summed E-state index contributed by atoms with van der Waals surface area (Å²) in [4.78, 5) is 29.8. The summed E-state index contributed by atoms with van der Waals surface area (Å²) in [6.07, 6.45) is 1.25. The summed E-state index contributed by atoms with van der Waals surface area (Å²) in [6.45, 7) is 2.86. The highest BCUT2D eigenvalue weighted by atomic mass is 35.5. The summed E-state index contributed by atoms with van der Waals surface area (Å²) in [5, 5.41) is 32.2. The lowest BCUT2D eigenvalue weighted by Gasteiger charge is -2.42. The van der Waals surface area contributed by atoms with Crippen LogP contribution in [0.3, 0.4) is 0 Å². The predicted molar refractivity (Wildman–Crippen MR) is 134 cm³/mol. The van der Waals surface area contributed by atoms with Crippen LogP contribution in [0.1, 0.15) is 68.6 Å². The molecule has 10 heteroatoms. The van der Waals surface area contributed by atoms with Gasteiger partial charge in [0.2, 0.25) is 5.91 Å². The first-order valence-corrected chi connectivity index (χ1v) is 13.4. The molecule has 0 bridgehead atoms. The van der Waals surface area contributed by atoms with Crippen LogP contribution in [0.15, 0.2) is 18.2 Å². The van der Waals surface area contributed by atoms with Crippen molar-refractivity contribution in [1.82, 2.24) is 4.90 Å². The van der Waals surface area contributed by atoms with Gasteiger partial charge >= 0.3 is 0 Å². The smallest absolute Gasteiger partial charge is 0.256 e. The first kappa shape index (κ1) is 27.3. The molecule has 200 valence electrons. The van der Waals surface area contributed by atoms with Crippen LogP contribution in [0.5, 0.6) is 0 Å². The fourth-order valence-corrected chi connectivity index (χ4v) is 5.54. The number of fused-ring (bicyclic) bond motifs is 2. The number of hydrogen-bond acceptors (Lipinski definition) is 7. The van der Waals surface area contributed by atoms with Crippen LogP contribution in [-0.2, 0) is 14.3 Å². The van der Waals surface area contributed by atoms with Gasteiger partial charge in [0.1, 0.15) is 30.5 Å². The molecule has 0 saturated carbocycles. The van der Waals surface area contributed by atoms with Gasteiger partial charge in [0.05, 0.1) is 17.8 Å². The second kappa shape index (κ2) is 12.2. The summed E-state index contributed by atoms with van der Waals surface area (Å²) in [7, 11) is 0. The van der Waals surface area contributed by atoms with Crippen molar-refractivity contribution < 1.29 is 34.4 Å². The second-order valence-electron chi connectivity index (χ2n) is 9.92. The molecule has 1 aromatic rings. The van der Waals surface area contributed by atoms with Crippen LogP contribution in [0.25, 0.3) is 0 Å². The Morgan fingerprint density at radius 2 is 1.83 bits per heavy atom. The Kier molecular flexibility index (Phi) is 9.24. The number of hydrogen-bond donors (Lipinski definition) is 3. The molecule has 2 saturated heterocycles. The van der Waals surface area contributed by atoms with Crippen molar-refractivity contribution in [3.63, 3.8) is 0 Å². The maximum absolute atomic E-state index is 13.6. The maximum Gasteiger partial charge on any atom is 0.256 e. The van der Waals surface area contributed by atoms with Gasteiger partial charge in [-0.1, -0.05) is 50.6 Å². The van der Waals surface area contributed by atoms with Crippen molar-refractivity contribution in [2.24, 2.45) is 0 Å². The summed E-state index contributed by atoms with van der Waals surface area (Å²) in [5.74, 6) is -0.533. The van der Waals surface area contributed by atoms with E-state index in [2.05, 4.69) is 6.92 Å². The maximum atomic E-state index is 13.6. The predicted octanol–water partition coefficient (Wildman–Crippen LogP) is 2.48. The van der Waals surface area contributed by atoms with Crippen molar-refractivity contribution in [3.05, 3.63) is 28.8 Å². The summed E-state index contributed by atoms with van der Waals surface area (Å²) in [6, 6.07) is 4.15. The average molecular weight is 525 g/mol. The van der Waals surface area contributed by atoms with E-state index in [1.807, 2.05) is 0 Å². The van der Waals surface area contributed by atoms with Gasteiger partial charge in [-0.05, 0) is 37.5 Å². The van der Waals surface area contributed by atoms with Crippen LogP contribution in [-0.4, -0.2) is 88.5 Å². The molecule has 9 nitrogen and oxygen atoms in total. The van der Waals surface area contributed by atoms with Crippen molar-refractivity contribution in [2.75, 3.05) is 24.6 Å². The van der Waals surface area contributed by atoms with E-state index in [0.29, 0.717) is 42.3 Å². The topological polar surface area (TPSA) is 120 Å². The minimum absolute atomic E-state index is 0.118. The summed E-state index contributed by atoms with van der Waals surface area (Å²) < 4.78 is 11.3. The Balaban J connectivity index is 1.49. The van der Waals surface area contributed by atoms with Gasteiger partial charge in [-0.3, -0.25) is 9.59 Å². The van der Waals surface area contributed by atoms with Gasteiger partial charge in [0.25, 0.3) is 5.91 Å². The average Bonchev–Trinajstić information content (AvgIpc) is 3.33. The highest BCUT2D eigenvalue weighted by Crippen LogP contribution is 2.35. The Bertz CT molecular complexity index is 932. The highest BCUT2D eigenvalue weighted by molar-refractivity contribution is 6.31. The molecule has 2 amide bonds. The van der Waals surface area contributed by atoms with Crippen LogP contribution >= 0.6 is 11.6 Å². The van der Waals surface area contributed by atoms with Crippen LogP contribution < -0.4 is 4.90 Å². The second-order valence-corrected chi connectivity index (χ2v) is 10.4. The van der Waals surface area contributed by atoms with Gasteiger partial charge in [0.15, 0.2) is 6.29 Å². The first-order valence-electron chi connectivity index (χ1n) is 13.1. The minimum atomic E-state index is -1.58. The van der Waals surface area contributed by atoms with Crippen LogP contribution in [0.4, 0.5) is 5.69 Å². The fraction of sp³-hybridized carbons (Fsp3) is 0.692. The Hall–Kier alpha value is -1.75. The molecule has 3 aliphatic heterocycles. The number of unbranched alkanes of at least 4 members (excludes halogenated alkanes) is 5. The summed E-state index contributed by atoms with van der Waals surface area (Å²) in [5.41, 5.74) is 0.687. The van der Waals surface area contributed by atoms with E-state index < -0.39 is 36.7 Å². The lowest BCUT2D eigenvalue weighted by Crippen LogP contribution is -2.61. The van der Waals surface area contributed by atoms with Crippen LogP contribution in [0.2, 0.25) is 5.02 Å². The number of ether oxygens (including phenoxy) is 2. The molecule has 1 aromatic carbocycles. The number of nitrogens with zero attached hydrogens (tertiary/aromatic N) is 2. The standard InChI is InChI=1S/C26H37ClN2O7/c1-2-3-4-5-6-7-13-35-23-21(30)20(36-26(34)22(23)31)15-29-18-11-10-16(27)14-17(18)24(32)28-12-8-9-19(28)25(29)33/h10-11,14,19-23,26,30-31,34H,2-9,12-13,15H2,1H3/t19?,20-,21-,22-,23+,26-/m1/s1. The number of carbonyl (C=O) groups is 2. The molecular weight excluding hydrogens is 488 g/mol. The van der Waals surface area contributed by atoms with Gasteiger partial charge in [-0.25, -0.2) is 0 Å². The lowest BCUT2D eigenvalue weighted by atomic mass is 9.97. The normalized spacial score (nSPS) is 30.4. The van der Waals surface area contributed by atoms with Gasteiger partial charge in [-0.15, -0.1) is 0 Å². The zero-order valence-electron chi connectivity index (χ0n) is 20.7. The minimum Gasteiger partial charge on any atom is -0.388 e. The molecule has 0 radical (unpaired) electrons. The number of aliphatic hydroxyl groups is 3. The number of benzene rings is 1. The third kappa shape index (κ3) is 5.71. The van der Waals surface area contributed by atoms with E-state index in [1.165, 1.54) is 17.7 Å². The highest BCUT2D eigenvalue weighted by Gasteiger charge is 2.48. The third-order valence-corrected chi connectivity index (χ3v) is 7.61. The molecular formula is C26H37ClN2O7. The number of carbonyl (C=O) groups excluding carboxylic acids is 2. The largest absolute Gasteiger partial charge is 0.388 e. The summed E-state index contributed by atoms with van der Waals surface area (Å²) >= 11 is 6.17. The number of aliphatic hydroxyl groups excluding tert-OH is 3. The molecule has 2 fully saturated rings. The molecule has 1 unspecified atom stereocenters. The van der Waals surface area contributed by atoms with E-state index >= 15 is 0 Å². The molecule has 0 spiro atoms. The molecule has 3 heterocycles. The molecule has 6 atom stereocenters. The SMILES string of the molecule is CCCCCCCCO[C@@H]1[C@@H](O)[C@H](O)O[C@H](CN2C(=O)C3CCCN3C(=O)c3cc(Cl)ccc32)[C@H]1O. The molecule has 36 heavy (non-hydrogen) atoms. The molecule has 4 rings (SSSR count). The van der Waals surface area contributed by atoms with Crippen LogP contribution in [0, 0.1) is 0 Å². The molecule has 3 N–H and O–H groups in total. The molecule has 0 aliphatic carbocycles. The fourth-order valence-electron chi connectivity index (χ4n) is 5.37. The van der Waals surface area contributed by atoms with Gasteiger partial charge in [-0.2, -0.15) is 0 Å². The number of anilines is 1. The van der Waals surface area contributed by atoms with E-state index in [4.69, 9.17) is 21.1 Å². The zero-order valence-corrected chi connectivity index (χ0v) is 21.5. The van der Waals surface area contributed by atoms with E-state index in [1.54, 1.807) is 23.1 Å². The van der Waals surface area contributed by atoms with E-state index in [9.17, 15) is 24.9 Å². The van der Waals surface area contributed by atoms with Crippen molar-refractivity contribution in [3.8, 4) is 0 Å². The Labute approximate surface area is 216 Å². The monoisotopic (exact) mass is 524 g/mol. The Morgan fingerprint density at radius 1 is 1.08 bits per heavy atom. The number of halogens is 1. The lowest BCUT2D eigenvalue weighted by molar-refractivity contribution is -0.287. The molecule has 0 aromatic heterocycles. The zero-order chi connectivity index (χ0) is 25.8. The number of rotatable bonds is 10. The van der Waals surface area contributed by atoms with E-state index in [0.717, 1.165) is 25.7 Å². The van der Waals surface area contributed by atoms with E-state index in [-0.39, 0.29) is 18.4 Å². The van der Waals surface area contributed by atoms with Crippen molar-refractivity contribution in [2.45, 2.75) is 95.0 Å². The quantitative estimate of drug-likeness (QED) is 0.402.